The highest BCUT2D eigenvalue weighted by molar-refractivity contribution is 7.92. The number of aromatic nitrogens is 1. The van der Waals surface area contributed by atoms with Crippen molar-refractivity contribution >= 4 is 9.84 Å². The van der Waals surface area contributed by atoms with E-state index in [1.807, 2.05) is 35.2 Å². The lowest BCUT2D eigenvalue weighted by Crippen LogP contribution is -2.26. The zero-order valence-electron chi connectivity index (χ0n) is 15.1. The SMILES string of the molecule is O=S1(=O)c2ccc(-c3cccnc3)cc2C2CN(Cc3ccccc3F)CC21. The molecule has 2 aliphatic heterocycles. The number of benzene rings is 2. The highest BCUT2D eigenvalue weighted by Gasteiger charge is 2.50. The highest BCUT2D eigenvalue weighted by Crippen LogP contribution is 2.46. The molecule has 1 fully saturated rings. The summed E-state index contributed by atoms with van der Waals surface area (Å²) < 4.78 is 40.1. The normalized spacial score (nSPS) is 22.8. The standard InChI is InChI=1S/C22H19FN2O2S/c23-20-6-2-1-4-17(20)12-25-13-19-18-10-15(16-5-3-9-24-11-16)7-8-21(18)28(26,27)22(19)14-25/h1-11,19,22H,12-14H2. The maximum atomic E-state index is 14.0. The number of pyridine rings is 1. The number of hydrogen-bond acceptors (Lipinski definition) is 4. The van der Waals surface area contributed by atoms with Crippen molar-refractivity contribution in [3.63, 3.8) is 0 Å². The van der Waals surface area contributed by atoms with Gasteiger partial charge in [0, 0.05) is 43.5 Å². The van der Waals surface area contributed by atoms with Crippen LogP contribution in [0.25, 0.3) is 11.1 Å². The van der Waals surface area contributed by atoms with Gasteiger partial charge in [0.1, 0.15) is 5.82 Å². The fraction of sp³-hybridized carbons (Fsp3) is 0.227. The molecule has 2 unspecified atom stereocenters. The Morgan fingerprint density at radius 2 is 1.89 bits per heavy atom. The summed E-state index contributed by atoms with van der Waals surface area (Å²) in [6, 6.07) is 16.1. The smallest absolute Gasteiger partial charge is 0.183 e. The van der Waals surface area contributed by atoms with Crippen LogP contribution in [0.2, 0.25) is 0 Å². The molecule has 1 aromatic heterocycles. The molecular formula is C22H19FN2O2S. The molecule has 2 aliphatic rings. The van der Waals surface area contributed by atoms with Gasteiger partial charge in [-0.05, 0) is 41.0 Å². The molecule has 142 valence electrons. The number of nitrogens with zero attached hydrogens (tertiary/aromatic N) is 2. The Hall–Kier alpha value is -2.57. The molecule has 28 heavy (non-hydrogen) atoms. The zero-order valence-corrected chi connectivity index (χ0v) is 15.9. The maximum absolute atomic E-state index is 14.0. The van der Waals surface area contributed by atoms with E-state index in [-0.39, 0.29) is 11.7 Å². The fourth-order valence-corrected chi connectivity index (χ4v) is 6.63. The monoisotopic (exact) mass is 394 g/mol. The Kier molecular flexibility index (Phi) is 4.07. The van der Waals surface area contributed by atoms with Crippen LogP contribution in [0.1, 0.15) is 17.0 Å². The molecule has 1 saturated heterocycles. The molecule has 6 heteroatoms. The van der Waals surface area contributed by atoms with Gasteiger partial charge in [-0.1, -0.05) is 30.3 Å². The third-order valence-corrected chi connectivity index (χ3v) is 8.06. The zero-order chi connectivity index (χ0) is 19.3. The lowest BCUT2D eigenvalue weighted by molar-refractivity contribution is 0.320. The number of rotatable bonds is 3. The first-order chi connectivity index (χ1) is 13.5. The van der Waals surface area contributed by atoms with Gasteiger partial charge in [0.25, 0.3) is 0 Å². The molecule has 0 N–H and O–H groups in total. The lowest BCUT2D eigenvalue weighted by atomic mass is 9.95. The first-order valence-corrected chi connectivity index (χ1v) is 10.8. The second-order valence-electron chi connectivity index (χ2n) is 7.47. The number of halogens is 1. The van der Waals surface area contributed by atoms with Crippen molar-refractivity contribution in [3.8, 4) is 11.1 Å². The van der Waals surface area contributed by atoms with Crippen molar-refractivity contribution in [2.24, 2.45) is 0 Å². The molecule has 2 atom stereocenters. The average Bonchev–Trinajstić information content (AvgIpc) is 3.22. The Morgan fingerprint density at radius 1 is 1.04 bits per heavy atom. The summed E-state index contributed by atoms with van der Waals surface area (Å²) in [6.07, 6.45) is 3.50. The van der Waals surface area contributed by atoms with E-state index >= 15 is 0 Å². The third kappa shape index (κ3) is 2.75. The molecule has 0 aliphatic carbocycles. The van der Waals surface area contributed by atoms with Crippen LogP contribution < -0.4 is 0 Å². The van der Waals surface area contributed by atoms with Gasteiger partial charge < -0.3 is 0 Å². The van der Waals surface area contributed by atoms with Gasteiger partial charge in [-0.15, -0.1) is 0 Å². The van der Waals surface area contributed by atoms with Crippen molar-refractivity contribution in [1.29, 1.82) is 0 Å². The van der Waals surface area contributed by atoms with Crippen molar-refractivity contribution in [3.05, 3.63) is 83.9 Å². The second-order valence-corrected chi connectivity index (χ2v) is 9.61. The molecular weight excluding hydrogens is 375 g/mol. The Bertz CT molecular complexity index is 1150. The van der Waals surface area contributed by atoms with E-state index in [4.69, 9.17) is 0 Å². The predicted molar refractivity (Wildman–Crippen MR) is 105 cm³/mol. The van der Waals surface area contributed by atoms with Crippen molar-refractivity contribution in [2.45, 2.75) is 22.6 Å². The summed E-state index contributed by atoms with van der Waals surface area (Å²) in [4.78, 5) is 6.65. The number of fused-ring (bicyclic) bond motifs is 3. The first kappa shape index (κ1) is 17.5. The van der Waals surface area contributed by atoms with E-state index in [1.165, 1.54) is 6.07 Å². The van der Waals surface area contributed by atoms with E-state index in [9.17, 15) is 12.8 Å². The van der Waals surface area contributed by atoms with E-state index in [0.717, 1.165) is 16.7 Å². The molecule has 0 bridgehead atoms. The fourth-order valence-electron chi connectivity index (χ4n) is 4.44. The Labute approximate surface area is 163 Å². The van der Waals surface area contributed by atoms with E-state index in [1.54, 1.807) is 30.6 Å². The van der Waals surface area contributed by atoms with E-state index < -0.39 is 15.1 Å². The summed E-state index contributed by atoms with van der Waals surface area (Å²) in [5.74, 6) is -0.329. The predicted octanol–water partition coefficient (Wildman–Crippen LogP) is 3.64. The van der Waals surface area contributed by atoms with E-state index in [2.05, 4.69) is 4.98 Å². The van der Waals surface area contributed by atoms with E-state index in [0.29, 0.717) is 30.1 Å². The minimum Gasteiger partial charge on any atom is -0.297 e. The highest BCUT2D eigenvalue weighted by atomic mass is 32.2. The van der Waals surface area contributed by atoms with Gasteiger partial charge in [0.05, 0.1) is 10.1 Å². The topological polar surface area (TPSA) is 50.3 Å². The summed E-state index contributed by atoms with van der Waals surface area (Å²) in [5.41, 5.74) is 3.41. The van der Waals surface area contributed by atoms with Crippen LogP contribution in [0, 0.1) is 5.82 Å². The molecule has 0 amide bonds. The summed E-state index contributed by atoms with van der Waals surface area (Å²) >= 11 is 0. The van der Waals surface area contributed by atoms with Crippen molar-refractivity contribution in [2.75, 3.05) is 13.1 Å². The van der Waals surface area contributed by atoms with Crippen LogP contribution >= 0.6 is 0 Å². The van der Waals surface area contributed by atoms with Gasteiger partial charge in [-0.3, -0.25) is 9.88 Å². The molecule has 3 aromatic rings. The van der Waals surface area contributed by atoms with Gasteiger partial charge in [0.15, 0.2) is 9.84 Å². The minimum absolute atomic E-state index is 0.0802. The van der Waals surface area contributed by atoms with Crippen LogP contribution in [0.4, 0.5) is 4.39 Å². The number of sulfone groups is 1. The van der Waals surface area contributed by atoms with Gasteiger partial charge in [-0.25, -0.2) is 12.8 Å². The largest absolute Gasteiger partial charge is 0.297 e. The quantitative estimate of drug-likeness (QED) is 0.681. The molecule has 5 rings (SSSR count). The lowest BCUT2D eigenvalue weighted by Gasteiger charge is -2.18. The van der Waals surface area contributed by atoms with Crippen LogP contribution in [0.15, 0.2) is 71.9 Å². The Morgan fingerprint density at radius 3 is 2.68 bits per heavy atom. The van der Waals surface area contributed by atoms with Crippen LogP contribution in [0.3, 0.4) is 0 Å². The second kappa shape index (κ2) is 6.50. The van der Waals surface area contributed by atoms with Gasteiger partial charge >= 0.3 is 0 Å². The van der Waals surface area contributed by atoms with Crippen molar-refractivity contribution in [1.82, 2.24) is 9.88 Å². The van der Waals surface area contributed by atoms with Crippen LogP contribution in [-0.4, -0.2) is 36.6 Å². The first-order valence-electron chi connectivity index (χ1n) is 9.28. The molecule has 3 heterocycles. The number of likely N-dealkylation sites (tertiary alicyclic amines) is 1. The third-order valence-electron chi connectivity index (χ3n) is 5.80. The maximum Gasteiger partial charge on any atom is 0.183 e. The summed E-state index contributed by atoms with van der Waals surface area (Å²) in [6.45, 7) is 1.47. The molecule has 0 saturated carbocycles. The summed E-state index contributed by atoms with van der Waals surface area (Å²) in [5, 5.41) is -0.460. The van der Waals surface area contributed by atoms with Crippen LogP contribution in [-0.2, 0) is 16.4 Å². The van der Waals surface area contributed by atoms with Crippen LogP contribution in [0.5, 0.6) is 0 Å². The molecule has 0 radical (unpaired) electrons. The van der Waals surface area contributed by atoms with Gasteiger partial charge in [-0.2, -0.15) is 0 Å². The van der Waals surface area contributed by atoms with Gasteiger partial charge in [0.2, 0.25) is 0 Å². The Balaban J connectivity index is 1.48. The number of hydrogen-bond donors (Lipinski definition) is 0. The molecule has 4 nitrogen and oxygen atoms in total. The summed E-state index contributed by atoms with van der Waals surface area (Å²) in [7, 11) is -3.37. The molecule has 2 aromatic carbocycles. The minimum atomic E-state index is -3.37. The van der Waals surface area contributed by atoms with Crippen molar-refractivity contribution < 1.29 is 12.8 Å². The average molecular weight is 394 g/mol. The molecule has 0 spiro atoms.